The van der Waals surface area contributed by atoms with E-state index in [0.717, 1.165) is 28.3 Å². The molecule has 7 nitrogen and oxygen atoms in total. The van der Waals surface area contributed by atoms with Gasteiger partial charge in [0, 0.05) is 18.4 Å². The van der Waals surface area contributed by atoms with E-state index >= 15 is 0 Å². The molecule has 1 fully saturated rings. The topological polar surface area (TPSA) is 105 Å². The molecule has 8 heteroatoms. The first-order valence-corrected chi connectivity index (χ1v) is 11.3. The lowest BCUT2D eigenvalue weighted by Gasteiger charge is -2.14. The Morgan fingerprint density at radius 2 is 1.63 bits per heavy atom. The highest BCUT2D eigenvalue weighted by molar-refractivity contribution is 5.95. The van der Waals surface area contributed by atoms with E-state index in [0.29, 0.717) is 6.42 Å². The number of halogens is 1. The SMILES string of the molecule is O=C(NC[C@@H]1C[C@@H]1C(=O)Nc1ccc(C(=O)O)cc1F)OCC1c2ccccc2-c2ccccc21. The van der Waals surface area contributed by atoms with Crippen LogP contribution in [0.4, 0.5) is 14.9 Å². The summed E-state index contributed by atoms with van der Waals surface area (Å²) < 4.78 is 19.6. The number of carboxylic acid groups (broad SMARTS) is 1. The fourth-order valence-corrected chi connectivity index (χ4v) is 4.63. The Labute approximate surface area is 200 Å². The molecule has 0 unspecified atom stereocenters. The Morgan fingerprint density at radius 3 is 2.26 bits per heavy atom. The summed E-state index contributed by atoms with van der Waals surface area (Å²) in [5, 5.41) is 14.1. The van der Waals surface area contributed by atoms with E-state index in [1.165, 1.54) is 12.1 Å². The first-order chi connectivity index (χ1) is 16.9. The van der Waals surface area contributed by atoms with Crippen LogP contribution in [0.5, 0.6) is 0 Å². The van der Waals surface area contributed by atoms with E-state index < -0.39 is 17.9 Å². The summed E-state index contributed by atoms with van der Waals surface area (Å²) in [4.78, 5) is 35.6. The van der Waals surface area contributed by atoms with Crippen LogP contribution in [0, 0.1) is 17.7 Å². The van der Waals surface area contributed by atoms with E-state index in [1.54, 1.807) is 0 Å². The Kier molecular flexibility index (Phi) is 5.94. The maximum absolute atomic E-state index is 14.1. The van der Waals surface area contributed by atoms with Crippen LogP contribution in [0.1, 0.15) is 33.8 Å². The Hall–Kier alpha value is -4.20. The van der Waals surface area contributed by atoms with Gasteiger partial charge in [-0.25, -0.2) is 14.0 Å². The highest BCUT2D eigenvalue weighted by atomic mass is 19.1. The Balaban J connectivity index is 1.10. The lowest BCUT2D eigenvalue weighted by atomic mass is 9.98. The van der Waals surface area contributed by atoms with Gasteiger partial charge in [-0.3, -0.25) is 4.79 Å². The molecule has 2 atom stereocenters. The van der Waals surface area contributed by atoms with Gasteiger partial charge in [0.05, 0.1) is 11.3 Å². The maximum Gasteiger partial charge on any atom is 0.407 e. The normalized spacial score (nSPS) is 17.7. The lowest BCUT2D eigenvalue weighted by Crippen LogP contribution is -2.29. The van der Waals surface area contributed by atoms with Gasteiger partial charge in [-0.15, -0.1) is 0 Å². The van der Waals surface area contributed by atoms with Crippen molar-refractivity contribution in [1.82, 2.24) is 5.32 Å². The summed E-state index contributed by atoms with van der Waals surface area (Å²) in [6, 6.07) is 19.5. The number of alkyl carbamates (subject to hydrolysis) is 1. The highest BCUT2D eigenvalue weighted by Crippen LogP contribution is 2.44. The smallest absolute Gasteiger partial charge is 0.407 e. The molecule has 3 aromatic carbocycles. The van der Waals surface area contributed by atoms with E-state index in [-0.39, 0.29) is 48.1 Å². The zero-order valence-corrected chi connectivity index (χ0v) is 18.7. The number of carboxylic acids is 1. The zero-order valence-electron chi connectivity index (χ0n) is 18.7. The molecule has 0 aromatic heterocycles. The standard InChI is InChI=1S/C27H23FN2O5/c28-23-12-15(26(32)33)9-10-24(23)30-25(31)21-11-16(21)13-29-27(34)35-14-22-19-7-3-1-5-17(19)18-6-2-4-8-20(18)22/h1-10,12,16,21-22H,11,13-14H2,(H,29,34)(H,30,31)(H,32,33)/t16-,21-/m0/s1. The largest absolute Gasteiger partial charge is 0.478 e. The number of carbonyl (C=O) groups is 3. The molecule has 2 amide bonds. The predicted molar refractivity (Wildman–Crippen MR) is 127 cm³/mol. The van der Waals surface area contributed by atoms with Gasteiger partial charge in [-0.1, -0.05) is 48.5 Å². The molecular weight excluding hydrogens is 451 g/mol. The van der Waals surface area contributed by atoms with Crippen molar-refractivity contribution >= 4 is 23.7 Å². The summed E-state index contributed by atoms with van der Waals surface area (Å²) in [7, 11) is 0. The van der Waals surface area contributed by atoms with Gasteiger partial charge < -0.3 is 20.5 Å². The molecule has 3 aromatic rings. The number of carbonyl (C=O) groups excluding carboxylic acids is 2. The van der Waals surface area contributed by atoms with Gasteiger partial charge in [0.15, 0.2) is 0 Å². The number of aromatic carboxylic acids is 1. The summed E-state index contributed by atoms with van der Waals surface area (Å²) in [5.74, 6) is -2.89. The molecule has 1 saturated carbocycles. The number of benzene rings is 3. The number of rotatable bonds is 7. The molecule has 0 aliphatic heterocycles. The molecule has 5 rings (SSSR count). The van der Waals surface area contributed by atoms with Crippen LogP contribution in [0.3, 0.4) is 0 Å². The molecule has 0 bridgehead atoms. The average Bonchev–Trinajstić information content (AvgIpc) is 3.58. The number of anilines is 1. The van der Waals surface area contributed by atoms with E-state index in [9.17, 15) is 18.8 Å². The van der Waals surface area contributed by atoms with Gasteiger partial charge in [0.2, 0.25) is 5.91 Å². The number of ether oxygens (including phenoxy) is 1. The average molecular weight is 474 g/mol. The third kappa shape index (κ3) is 4.59. The van der Waals surface area contributed by atoms with E-state index in [2.05, 4.69) is 22.8 Å². The van der Waals surface area contributed by atoms with Crippen LogP contribution in [0.2, 0.25) is 0 Å². The van der Waals surface area contributed by atoms with Gasteiger partial charge in [-0.05, 0) is 52.8 Å². The van der Waals surface area contributed by atoms with Crippen molar-refractivity contribution in [3.05, 3.63) is 89.2 Å². The number of amides is 2. The van der Waals surface area contributed by atoms with Crippen molar-refractivity contribution < 1.29 is 28.6 Å². The minimum atomic E-state index is -1.25. The van der Waals surface area contributed by atoms with Crippen LogP contribution in [-0.4, -0.2) is 36.2 Å². The molecule has 3 N–H and O–H groups in total. The first kappa shape index (κ1) is 22.6. The first-order valence-electron chi connectivity index (χ1n) is 11.3. The maximum atomic E-state index is 14.1. The predicted octanol–water partition coefficient (Wildman–Crippen LogP) is 4.64. The fourth-order valence-electron chi connectivity index (χ4n) is 4.63. The van der Waals surface area contributed by atoms with Crippen molar-refractivity contribution in [2.75, 3.05) is 18.5 Å². The molecule has 2 aliphatic rings. The fraction of sp³-hybridized carbons (Fsp3) is 0.222. The van der Waals surface area contributed by atoms with Gasteiger partial charge in [0.1, 0.15) is 12.4 Å². The molecular formula is C27H23FN2O5. The van der Waals surface area contributed by atoms with Gasteiger partial charge in [-0.2, -0.15) is 0 Å². The molecule has 0 saturated heterocycles. The van der Waals surface area contributed by atoms with Crippen molar-refractivity contribution in [1.29, 1.82) is 0 Å². The van der Waals surface area contributed by atoms with E-state index in [4.69, 9.17) is 9.84 Å². The Bertz CT molecular complexity index is 1280. The third-order valence-corrected chi connectivity index (χ3v) is 6.59. The van der Waals surface area contributed by atoms with Crippen LogP contribution < -0.4 is 10.6 Å². The van der Waals surface area contributed by atoms with E-state index in [1.807, 2.05) is 36.4 Å². The molecule has 0 heterocycles. The summed E-state index contributed by atoms with van der Waals surface area (Å²) in [5.41, 5.74) is 4.29. The minimum absolute atomic E-state index is 0.0324. The molecule has 2 aliphatic carbocycles. The minimum Gasteiger partial charge on any atom is -0.478 e. The van der Waals surface area contributed by atoms with Gasteiger partial charge >= 0.3 is 12.1 Å². The molecule has 178 valence electrons. The Morgan fingerprint density at radius 1 is 0.971 bits per heavy atom. The molecule has 0 spiro atoms. The van der Waals surface area contributed by atoms with Crippen molar-refractivity contribution in [3.63, 3.8) is 0 Å². The van der Waals surface area contributed by atoms with Gasteiger partial charge in [0.25, 0.3) is 0 Å². The number of nitrogens with one attached hydrogen (secondary N) is 2. The van der Waals surface area contributed by atoms with Crippen molar-refractivity contribution in [2.45, 2.75) is 12.3 Å². The highest BCUT2D eigenvalue weighted by Gasteiger charge is 2.43. The monoisotopic (exact) mass is 474 g/mol. The second-order valence-electron chi connectivity index (χ2n) is 8.80. The summed E-state index contributed by atoms with van der Waals surface area (Å²) in [6.45, 7) is 0.481. The number of hydrogen-bond acceptors (Lipinski definition) is 4. The van der Waals surface area contributed by atoms with Crippen LogP contribution in [0.25, 0.3) is 11.1 Å². The lowest BCUT2D eigenvalue weighted by molar-refractivity contribution is -0.117. The number of hydrogen-bond donors (Lipinski definition) is 3. The van der Waals surface area contributed by atoms with Crippen LogP contribution in [-0.2, 0) is 9.53 Å². The second-order valence-corrected chi connectivity index (χ2v) is 8.80. The van der Waals surface area contributed by atoms with Crippen LogP contribution >= 0.6 is 0 Å². The summed E-state index contributed by atoms with van der Waals surface area (Å²) in [6.07, 6.45) is 0.0119. The zero-order chi connectivity index (χ0) is 24.5. The number of fused-ring (bicyclic) bond motifs is 3. The van der Waals surface area contributed by atoms with Crippen molar-refractivity contribution in [3.8, 4) is 11.1 Å². The van der Waals surface area contributed by atoms with Crippen molar-refractivity contribution in [2.24, 2.45) is 11.8 Å². The second kappa shape index (κ2) is 9.21. The summed E-state index contributed by atoms with van der Waals surface area (Å²) >= 11 is 0. The molecule has 35 heavy (non-hydrogen) atoms. The molecule has 0 radical (unpaired) electrons. The van der Waals surface area contributed by atoms with Crippen LogP contribution in [0.15, 0.2) is 66.7 Å². The quantitative estimate of drug-likeness (QED) is 0.463. The third-order valence-electron chi connectivity index (χ3n) is 6.59.